The monoisotopic (exact) mass is 471 g/mol. The Morgan fingerprint density at radius 1 is 1.09 bits per heavy atom. The summed E-state index contributed by atoms with van der Waals surface area (Å²) in [5.41, 5.74) is 1.56. The zero-order chi connectivity index (χ0) is 24.7. The second-order valence-corrected chi connectivity index (χ2v) is 9.76. The Hall–Kier alpha value is -2.91. The number of benzene rings is 1. The van der Waals surface area contributed by atoms with Gasteiger partial charge >= 0.3 is 12.0 Å². The van der Waals surface area contributed by atoms with Gasteiger partial charge in [-0.1, -0.05) is 30.3 Å². The fourth-order valence-electron chi connectivity index (χ4n) is 4.31. The van der Waals surface area contributed by atoms with E-state index in [4.69, 9.17) is 4.74 Å². The van der Waals surface area contributed by atoms with Gasteiger partial charge < -0.3 is 20.7 Å². The van der Waals surface area contributed by atoms with Crippen molar-refractivity contribution in [2.45, 2.75) is 45.7 Å². The van der Waals surface area contributed by atoms with Gasteiger partial charge in [0.2, 0.25) is 5.91 Å². The van der Waals surface area contributed by atoms with Crippen LogP contribution in [0, 0.1) is 0 Å². The molecule has 0 aliphatic carbocycles. The van der Waals surface area contributed by atoms with Gasteiger partial charge in [-0.05, 0) is 52.8 Å². The minimum Gasteiger partial charge on any atom is -0.463 e. The number of nitrogens with zero attached hydrogens (tertiary/aromatic N) is 2. The zero-order valence-corrected chi connectivity index (χ0v) is 20.6. The first-order valence-electron chi connectivity index (χ1n) is 11.9. The van der Waals surface area contributed by atoms with Crippen molar-refractivity contribution in [3.63, 3.8) is 0 Å². The molecule has 1 unspecified atom stereocenters. The van der Waals surface area contributed by atoms with Gasteiger partial charge in [-0.2, -0.15) is 0 Å². The van der Waals surface area contributed by atoms with Crippen molar-refractivity contribution in [1.82, 2.24) is 25.8 Å². The molecule has 186 valence electrons. The van der Waals surface area contributed by atoms with Gasteiger partial charge in [-0.3, -0.25) is 14.6 Å². The first kappa shape index (κ1) is 25.7. The van der Waals surface area contributed by atoms with Crippen LogP contribution in [0.3, 0.4) is 0 Å². The number of nitrogens with one attached hydrogen (secondary N) is 3. The molecule has 1 aromatic rings. The summed E-state index contributed by atoms with van der Waals surface area (Å²) in [6, 6.07) is 8.52. The molecule has 9 heteroatoms. The Kier molecular flexibility index (Phi) is 8.68. The lowest BCUT2D eigenvalue weighted by molar-refractivity contribution is -0.139. The van der Waals surface area contributed by atoms with Gasteiger partial charge in [-0.15, -0.1) is 0 Å². The summed E-state index contributed by atoms with van der Waals surface area (Å²) in [6.45, 7) is 11.8. The molecule has 3 N–H and O–H groups in total. The minimum atomic E-state index is -0.575. The average molecular weight is 472 g/mol. The number of esters is 1. The van der Waals surface area contributed by atoms with Crippen molar-refractivity contribution in [1.29, 1.82) is 0 Å². The van der Waals surface area contributed by atoms with E-state index < -0.39 is 12.0 Å². The maximum Gasteiger partial charge on any atom is 0.338 e. The Bertz CT molecular complexity index is 910. The predicted molar refractivity (Wildman–Crippen MR) is 130 cm³/mol. The Balaban J connectivity index is 1.75. The summed E-state index contributed by atoms with van der Waals surface area (Å²) in [7, 11) is 0. The molecule has 2 heterocycles. The molecule has 9 nitrogen and oxygen atoms in total. The third-order valence-corrected chi connectivity index (χ3v) is 5.73. The van der Waals surface area contributed by atoms with E-state index in [1.807, 2.05) is 51.1 Å². The number of carbonyl (C=O) groups is 3. The molecule has 0 saturated carbocycles. The molecule has 1 atom stereocenters. The largest absolute Gasteiger partial charge is 0.463 e. The molecular formula is C25H37N5O4. The maximum absolute atomic E-state index is 13.0. The molecule has 1 fully saturated rings. The van der Waals surface area contributed by atoms with Crippen molar-refractivity contribution in [2.75, 3.05) is 45.9 Å². The highest BCUT2D eigenvalue weighted by molar-refractivity contribution is 5.95. The highest BCUT2D eigenvalue weighted by Crippen LogP contribution is 2.28. The van der Waals surface area contributed by atoms with E-state index in [0.717, 1.165) is 38.2 Å². The third-order valence-electron chi connectivity index (χ3n) is 5.73. The van der Waals surface area contributed by atoms with E-state index >= 15 is 0 Å². The van der Waals surface area contributed by atoms with E-state index in [1.54, 1.807) is 6.92 Å². The molecule has 1 aromatic carbocycles. The maximum atomic E-state index is 13.0. The lowest BCUT2D eigenvalue weighted by atomic mass is 9.95. The number of rotatable bonds is 7. The van der Waals surface area contributed by atoms with Gasteiger partial charge in [0, 0.05) is 30.9 Å². The molecular weight excluding hydrogens is 434 g/mol. The smallest absolute Gasteiger partial charge is 0.338 e. The normalized spacial score (nSPS) is 20.2. The molecule has 0 bridgehead atoms. The van der Waals surface area contributed by atoms with Crippen LogP contribution in [0.1, 0.15) is 45.7 Å². The summed E-state index contributed by atoms with van der Waals surface area (Å²) in [4.78, 5) is 42.2. The summed E-state index contributed by atoms with van der Waals surface area (Å²) in [5.74, 6) is -0.418. The van der Waals surface area contributed by atoms with Crippen LogP contribution in [0.15, 0.2) is 41.6 Å². The van der Waals surface area contributed by atoms with Crippen molar-refractivity contribution in [3.05, 3.63) is 47.2 Å². The third kappa shape index (κ3) is 7.30. The molecule has 0 radical (unpaired) electrons. The summed E-state index contributed by atoms with van der Waals surface area (Å²) >= 11 is 0. The van der Waals surface area contributed by atoms with Crippen LogP contribution in [0.4, 0.5) is 4.79 Å². The molecule has 0 aromatic heterocycles. The summed E-state index contributed by atoms with van der Waals surface area (Å²) in [6.07, 6.45) is 0.888. The Morgan fingerprint density at radius 2 is 1.76 bits per heavy atom. The highest BCUT2D eigenvalue weighted by Gasteiger charge is 2.34. The first-order valence-corrected chi connectivity index (χ1v) is 11.9. The summed E-state index contributed by atoms with van der Waals surface area (Å²) < 4.78 is 5.35. The van der Waals surface area contributed by atoms with Crippen LogP contribution in [0.2, 0.25) is 0 Å². The lowest BCUT2D eigenvalue weighted by Gasteiger charge is -2.32. The van der Waals surface area contributed by atoms with E-state index in [2.05, 4.69) is 25.8 Å². The predicted octanol–water partition coefficient (Wildman–Crippen LogP) is 1.78. The number of hydrogen-bond donors (Lipinski definition) is 3. The SMILES string of the molecule is CCOC(=O)C1=C(CN2CCCN(CC(=O)NC(C)(C)C)CC2)NC(=O)NC1c1ccccc1. The number of carbonyl (C=O) groups excluding carboxylic acids is 3. The first-order chi connectivity index (χ1) is 16.2. The van der Waals surface area contributed by atoms with Gasteiger partial charge in [0.05, 0.1) is 24.8 Å². The molecule has 34 heavy (non-hydrogen) atoms. The molecule has 3 amide bonds. The molecule has 3 rings (SSSR count). The standard InChI is InChI=1S/C25H37N5O4/c1-5-34-23(32)21-19(26-24(33)27-22(21)18-10-7-6-8-11-18)16-29-12-9-13-30(15-14-29)17-20(31)28-25(2,3)4/h6-8,10-11,22H,5,9,12-17H2,1-4H3,(H,28,31)(H2,26,27,33). The van der Waals surface area contributed by atoms with Crippen LogP contribution in [-0.4, -0.2) is 79.1 Å². The van der Waals surface area contributed by atoms with E-state index in [9.17, 15) is 14.4 Å². The number of ether oxygens (including phenoxy) is 1. The fourth-order valence-corrected chi connectivity index (χ4v) is 4.31. The topological polar surface area (TPSA) is 103 Å². The van der Waals surface area contributed by atoms with Crippen molar-refractivity contribution >= 4 is 17.9 Å². The number of urea groups is 1. The molecule has 2 aliphatic heterocycles. The van der Waals surface area contributed by atoms with Crippen molar-refractivity contribution in [3.8, 4) is 0 Å². The highest BCUT2D eigenvalue weighted by atomic mass is 16.5. The van der Waals surface area contributed by atoms with Gasteiger partial charge in [-0.25, -0.2) is 9.59 Å². The number of hydrogen-bond acceptors (Lipinski definition) is 6. The van der Waals surface area contributed by atoms with Crippen LogP contribution in [-0.2, 0) is 14.3 Å². The molecule has 0 spiro atoms. The van der Waals surface area contributed by atoms with Crippen molar-refractivity contribution in [2.24, 2.45) is 0 Å². The van der Waals surface area contributed by atoms with E-state index in [-0.39, 0.29) is 24.1 Å². The molecule has 1 saturated heterocycles. The minimum absolute atomic E-state index is 0.0181. The van der Waals surface area contributed by atoms with Crippen molar-refractivity contribution < 1.29 is 19.1 Å². The fraction of sp³-hybridized carbons (Fsp3) is 0.560. The van der Waals surface area contributed by atoms with Crippen LogP contribution in [0.25, 0.3) is 0 Å². The van der Waals surface area contributed by atoms with E-state index in [1.165, 1.54) is 0 Å². The Labute approximate surface area is 201 Å². The Morgan fingerprint density at radius 3 is 2.44 bits per heavy atom. The average Bonchev–Trinajstić information content (AvgIpc) is 2.97. The quantitative estimate of drug-likeness (QED) is 0.524. The van der Waals surface area contributed by atoms with Gasteiger partial charge in [0.1, 0.15) is 0 Å². The lowest BCUT2D eigenvalue weighted by Crippen LogP contribution is -2.49. The van der Waals surface area contributed by atoms with Crippen LogP contribution < -0.4 is 16.0 Å². The number of amides is 3. The molecule has 2 aliphatic rings. The second-order valence-electron chi connectivity index (χ2n) is 9.76. The summed E-state index contributed by atoms with van der Waals surface area (Å²) in [5, 5.41) is 8.73. The second kappa shape index (κ2) is 11.5. The van der Waals surface area contributed by atoms with Crippen LogP contribution >= 0.6 is 0 Å². The van der Waals surface area contributed by atoms with Gasteiger partial charge in [0.15, 0.2) is 0 Å². The zero-order valence-electron chi connectivity index (χ0n) is 20.6. The van der Waals surface area contributed by atoms with E-state index in [0.29, 0.717) is 24.4 Å². The van der Waals surface area contributed by atoms with Crippen LogP contribution in [0.5, 0.6) is 0 Å². The van der Waals surface area contributed by atoms with Gasteiger partial charge in [0.25, 0.3) is 0 Å².